The second kappa shape index (κ2) is 8.75. The molecule has 0 saturated carbocycles. The summed E-state index contributed by atoms with van der Waals surface area (Å²) in [5, 5.41) is 9.51. The van der Waals surface area contributed by atoms with Crippen LogP contribution in [0.1, 0.15) is 17.0 Å². The van der Waals surface area contributed by atoms with Gasteiger partial charge in [0, 0.05) is 13.0 Å². The third kappa shape index (κ3) is 5.46. The largest absolute Gasteiger partial charge is 0.412 e. The molecule has 9 heteroatoms. The molecule has 0 radical (unpaired) electrons. The van der Waals surface area contributed by atoms with Crippen molar-refractivity contribution in [2.24, 2.45) is 0 Å². The zero-order valence-electron chi connectivity index (χ0n) is 14.8. The predicted octanol–water partition coefficient (Wildman–Crippen LogP) is 2.08. The van der Waals surface area contributed by atoms with Crippen LogP contribution in [0.15, 0.2) is 64.2 Å². The maximum atomic E-state index is 12.9. The number of amides is 1. The Labute approximate surface area is 161 Å². The highest BCUT2D eigenvalue weighted by molar-refractivity contribution is 7.90. The van der Waals surface area contributed by atoms with Crippen LogP contribution in [0, 0.1) is 5.82 Å². The SMILES string of the molecule is O=C(Cc1ccccc1)NCCc1nnc(S(=O)(=O)Cc2ccc(F)cc2)o1. The Bertz CT molecular complexity index is 1030. The molecular formula is C19H18FN3O4S. The number of nitrogens with zero attached hydrogens (tertiary/aromatic N) is 2. The molecule has 0 aliphatic heterocycles. The quantitative estimate of drug-likeness (QED) is 0.618. The van der Waals surface area contributed by atoms with Crippen LogP contribution in [0.4, 0.5) is 4.39 Å². The summed E-state index contributed by atoms with van der Waals surface area (Å²) < 4.78 is 42.8. The number of nitrogens with one attached hydrogen (secondary N) is 1. The monoisotopic (exact) mass is 403 g/mol. The summed E-state index contributed by atoms with van der Waals surface area (Å²) in [6, 6.07) is 14.4. The van der Waals surface area contributed by atoms with Crippen LogP contribution in [0.3, 0.4) is 0 Å². The van der Waals surface area contributed by atoms with E-state index in [1.165, 1.54) is 24.3 Å². The van der Waals surface area contributed by atoms with Crippen molar-refractivity contribution in [1.29, 1.82) is 0 Å². The Morgan fingerprint density at radius 3 is 2.43 bits per heavy atom. The first-order valence-electron chi connectivity index (χ1n) is 8.52. The summed E-state index contributed by atoms with van der Waals surface area (Å²) >= 11 is 0. The first kappa shape index (κ1) is 19.7. The zero-order valence-corrected chi connectivity index (χ0v) is 15.7. The van der Waals surface area contributed by atoms with E-state index in [4.69, 9.17) is 4.42 Å². The number of sulfone groups is 1. The van der Waals surface area contributed by atoms with Gasteiger partial charge in [-0.1, -0.05) is 47.6 Å². The Morgan fingerprint density at radius 2 is 1.71 bits per heavy atom. The van der Waals surface area contributed by atoms with Crippen LogP contribution in [-0.2, 0) is 33.2 Å². The van der Waals surface area contributed by atoms with Crippen LogP contribution in [0.25, 0.3) is 0 Å². The van der Waals surface area contributed by atoms with Gasteiger partial charge in [0.25, 0.3) is 0 Å². The Hall–Kier alpha value is -3.07. The molecule has 0 saturated heterocycles. The fourth-order valence-corrected chi connectivity index (χ4v) is 3.62. The van der Waals surface area contributed by atoms with Crippen LogP contribution >= 0.6 is 0 Å². The molecule has 3 aromatic rings. The molecule has 3 rings (SSSR count). The zero-order chi connectivity index (χ0) is 20.0. The molecule has 1 N–H and O–H groups in total. The standard InChI is InChI=1S/C19H18FN3O4S/c20-16-8-6-15(7-9-16)13-28(25,26)19-23-22-18(27-19)10-11-21-17(24)12-14-4-2-1-3-5-14/h1-9H,10-13H2,(H,21,24). The molecule has 1 heterocycles. The average molecular weight is 403 g/mol. The fraction of sp³-hybridized carbons (Fsp3) is 0.211. The Balaban J connectivity index is 1.52. The summed E-state index contributed by atoms with van der Waals surface area (Å²) in [5.74, 6) is -0.869. The number of hydrogen-bond acceptors (Lipinski definition) is 6. The lowest BCUT2D eigenvalue weighted by Gasteiger charge is -2.03. The molecule has 0 aliphatic rings. The molecule has 0 spiro atoms. The lowest BCUT2D eigenvalue weighted by atomic mass is 10.1. The number of carbonyl (C=O) groups is 1. The van der Waals surface area contributed by atoms with E-state index in [0.29, 0.717) is 5.56 Å². The van der Waals surface area contributed by atoms with Gasteiger partial charge in [-0.3, -0.25) is 4.79 Å². The van der Waals surface area contributed by atoms with Crippen LogP contribution in [0.5, 0.6) is 0 Å². The summed E-state index contributed by atoms with van der Waals surface area (Å²) in [4.78, 5) is 11.9. The van der Waals surface area contributed by atoms with Crippen molar-refractivity contribution >= 4 is 15.7 Å². The highest BCUT2D eigenvalue weighted by Gasteiger charge is 2.23. The summed E-state index contributed by atoms with van der Waals surface area (Å²) in [6.07, 6.45) is 0.460. The van der Waals surface area contributed by atoms with Gasteiger partial charge in [0.15, 0.2) is 0 Å². The second-order valence-corrected chi connectivity index (χ2v) is 7.98. The summed E-state index contributed by atoms with van der Waals surface area (Å²) in [6.45, 7) is 0.241. The molecule has 28 heavy (non-hydrogen) atoms. The van der Waals surface area contributed by atoms with Crippen molar-refractivity contribution in [3.8, 4) is 0 Å². The van der Waals surface area contributed by atoms with E-state index in [9.17, 15) is 17.6 Å². The van der Waals surface area contributed by atoms with Crippen molar-refractivity contribution in [1.82, 2.24) is 15.5 Å². The Kier molecular flexibility index (Phi) is 6.15. The molecule has 0 aliphatic carbocycles. The van der Waals surface area contributed by atoms with E-state index >= 15 is 0 Å². The van der Waals surface area contributed by atoms with Gasteiger partial charge in [0.1, 0.15) is 5.82 Å². The molecule has 0 atom stereocenters. The van der Waals surface area contributed by atoms with Crippen molar-refractivity contribution < 1.29 is 22.0 Å². The first-order chi connectivity index (χ1) is 13.4. The second-order valence-electron chi connectivity index (χ2n) is 6.11. The van der Waals surface area contributed by atoms with E-state index in [1.807, 2.05) is 30.3 Å². The topological polar surface area (TPSA) is 102 Å². The van der Waals surface area contributed by atoms with Gasteiger partial charge in [-0.2, -0.15) is 0 Å². The number of hydrogen-bond donors (Lipinski definition) is 1. The van der Waals surface area contributed by atoms with Gasteiger partial charge in [0.05, 0.1) is 12.2 Å². The maximum Gasteiger partial charge on any atom is 0.335 e. The number of aromatic nitrogens is 2. The molecule has 2 aromatic carbocycles. The van der Waals surface area contributed by atoms with Gasteiger partial charge in [-0.05, 0) is 23.3 Å². The molecular weight excluding hydrogens is 385 g/mol. The van der Waals surface area contributed by atoms with Gasteiger partial charge < -0.3 is 9.73 Å². The highest BCUT2D eigenvalue weighted by atomic mass is 32.2. The van der Waals surface area contributed by atoms with Crippen LogP contribution in [-0.4, -0.2) is 31.1 Å². The number of rotatable bonds is 8. The first-order valence-corrected chi connectivity index (χ1v) is 10.2. The maximum absolute atomic E-state index is 12.9. The smallest absolute Gasteiger partial charge is 0.335 e. The van der Waals surface area contributed by atoms with E-state index in [1.54, 1.807) is 0 Å². The molecule has 1 aromatic heterocycles. The van der Waals surface area contributed by atoms with E-state index in [2.05, 4.69) is 15.5 Å². The van der Waals surface area contributed by atoms with Crippen molar-refractivity contribution in [3.05, 3.63) is 77.4 Å². The molecule has 146 valence electrons. The van der Waals surface area contributed by atoms with Gasteiger partial charge >= 0.3 is 5.22 Å². The number of benzene rings is 2. The molecule has 1 amide bonds. The van der Waals surface area contributed by atoms with E-state index in [-0.39, 0.29) is 36.9 Å². The normalized spacial score (nSPS) is 11.3. The molecule has 0 unspecified atom stereocenters. The number of halogens is 1. The number of carbonyl (C=O) groups excluding carboxylic acids is 1. The minimum atomic E-state index is -3.84. The Morgan fingerprint density at radius 1 is 1.00 bits per heavy atom. The lowest BCUT2D eigenvalue weighted by Crippen LogP contribution is -2.27. The van der Waals surface area contributed by atoms with Gasteiger partial charge in [-0.25, -0.2) is 12.8 Å². The van der Waals surface area contributed by atoms with Crippen molar-refractivity contribution in [2.45, 2.75) is 23.8 Å². The minimum absolute atomic E-state index is 0.109. The lowest BCUT2D eigenvalue weighted by molar-refractivity contribution is -0.120. The molecule has 0 fully saturated rings. The highest BCUT2D eigenvalue weighted by Crippen LogP contribution is 2.16. The van der Waals surface area contributed by atoms with Crippen LogP contribution in [0.2, 0.25) is 0 Å². The van der Waals surface area contributed by atoms with Crippen molar-refractivity contribution in [3.63, 3.8) is 0 Å². The molecule has 0 bridgehead atoms. The van der Waals surface area contributed by atoms with E-state index < -0.39 is 20.9 Å². The third-order valence-electron chi connectivity index (χ3n) is 3.85. The third-order valence-corrected chi connectivity index (χ3v) is 5.26. The minimum Gasteiger partial charge on any atom is -0.412 e. The predicted molar refractivity (Wildman–Crippen MR) is 98.4 cm³/mol. The summed E-state index contributed by atoms with van der Waals surface area (Å²) in [7, 11) is -3.84. The average Bonchev–Trinajstić information content (AvgIpc) is 3.14. The summed E-state index contributed by atoms with van der Waals surface area (Å²) in [5.41, 5.74) is 1.31. The van der Waals surface area contributed by atoms with Gasteiger partial charge in [-0.15, -0.1) is 5.10 Å². The van der Waals surface area contributed by atoms with Gasteiger partial charge in [0.2, 0.25) is 21.6 Å². The van der Waals surface area contributed by atoms with E-state index in [0.717, 1.165) is 5.56 Å². The fourth-order valence-electron chi connectivity index (χ4n) is 2.48. The molecule has 7 nitrogen and oxygen atoms in total. The van der Waals surface area contributed by atoms with Crippen LogP contribution < -0.4 is 5.32 Å². The van der Waals surface area contributed by atoms with Crippen molar-refractivity contribution in [2.75, 3.05) is 6.54 Å².